The van der Waals surface area contributed by atoms with Gasteiger partial charge in [-0.1, -0.05) is 42.5 Å². The summed E-state index contributed by atoms with van der Waals surface area (Å²) in [5, 5.41) is 15.2. The zero-order chi connectivity index (χ0) is 18.3. The smallest absolute Gasteiger partial charge is 0.230 e. The molecular formula is C19H25N5OS. The normalized spacial score (nSPS) is 17.8. The molecule has 26 heavy (non-hydrogen) atoms. The molecule has 1 fully saturated rings. The molecule has 1 atom stereocenters. The molecule has 1 aliphatic heterocycles. The van der Waals surface area contributed by atoms with E-state index in [4.69, 9.17) is 0 Å². The lowest BCUT2D eigenvalue weighted by Gasteiger charge is -2.37. The van der Waals surface area contributed by atoms with Gasteiger partial charge in [0.1, 0.15) is 5.82 Å². The predicted octanol–water partition coefficient (Wildman–Crippen LogP) is 2.70. The van der Waals surface area contributed by atoms with Crippen LogP contribution in [0, 0.1) is 6.92 Å². The molecule has 0 spiro atoms. The van der Waals surface area contributed by atoms with Crippen LogP contribution in [0.5, 0.6) is 5.88 Å². The van der Waals surface area contributed by atoms with Gasteiger partial charge in [-0.15, -0.1) is 5.10 Å². The van der Waals surface area contributed by atoms with Crippen LogP contribution in [0.3, 0.4) is 0 Å². The summed E-state index contributed by atoms with van der Waals surface area (Å²) in [6.45, 7) is 8.03. The molecular weight excluding hydrogens is 346 g/mol. The van der Waals surface area contributed by atoms with E-state index in [1.165, 1.54) is 22.5 Å². The summed E-state index contributed by atoms with van der Waals surface area (Å²) in [7, 11) is 2.16. The molecule has 0 bridgehead atoms. The van der Waals surface area contributed by atoms with Crippen LogP contribution in [0.25, 0.3) is 4.96 Å². The topological polar surface area (TPSA) is 56.9 Å². The highest BCUT2D eigenvalue weighted by atomic mass is 32.1. The fourth-order valence-corrected chi connectivity index (χ4v) is 4.73. The van der Waals surface area contributed by atoms with Gasteiger partial charge >= 0.3 is 0 Å². The van der Waals surface area contributed by atoms with Crippen molar-refractivity contribution in [2.75, 3.05) is 33.2 Å². The molecule has 0 amide bonds. The number of hydrogen-bond acceptors (Lipinski definition) is 6. The average Bonchev–Trinajstić information content (AvgIpc) is 3.15. The monoisotopic (exact) mass is 371 g/mol. The van der Waals surface area contributed by atoms with Crippen LogP contribution in [-0.4, -0.2) is 62.7 Å². The summed E-state index contributed by atoms with van der Waals surface area (Å²) in [5.41, 5.74) is 2.54. The van der Waals surface area contributed by atoms with E-state index in [1.54, 1.807) is 4.52 Å². The first-order valence-electron chi connectivity index (χ1n) is 9.13. The molecule has 6 nitrogen and oxygen atoms in total. The number of likely N-dealkylation sites (N-methyl/N-ethyl adjacent to an activating group) is 1. The Balaban J connectivity index is 1.77. The molecule has 1 saturated heterocycles. The van der Waals surface area contributed by atoms with Crippen molar-refractivity contribution in [3.8, 4) is 5.88 Å². The molecule has 138 valence electrons. The van der Waals surface area contributed by atoms with Crippen molar-refractivity contribution in [2.24, 2.45) is 0 Å². The van der Waals surface area contributed by atoms with Gasteiger partial charge in [0.15, 0.2) is 0 Å². The van der Waals surface area contributed by atoms with Crippen molar-refractivity contribution in [3.05, 3.63) is 46.1 Å². The van der Waals surface area contributed by atoms with E-state index < -0.39 is 0 Å². The van der Waals surface area contributed by atoms with E-state index >= 15 is 0 Å². The minimum Gasteiger partial charge on any atom is -0.492 e. The number of rotatable bonds is 4. The summed E-state index contributed by atoms with van der Waals surface area (Å²) < 4.78 is 1.57. The molecule has 0 saturated carbocycles. The predicted molar refractivity (Wildman–Crippen MR) is 104 cm³/mol. The van der Waals surface area contributed by atoms with E-state index in [2.05, 4.69) is 58.1 Å². The lowest BCUT2D eigenvalue weighted by atomic mass is 10.0. The molecule has 0 radical (unpaired) electrons. The summed E-state index contributed by atoms with van der Waals surface area (Å²) in [6.07, 6.45) is 1.03. The van der Waals surface area contributed by atoms with Gasteiger partial charge < -0.3 is 10.0 Å². The van der Waals surface area contributed by atoms with Gasteiger partial charge in [-0.25, -0.2) is 4.98 Å². The van der Waals surface area contributed by atoms with Gasteiger partial charge in [-0.2, -0.15) is 4.52 Å². The highest BCUT2D eigenvalue weighted by Crippen LogP contribution is 2.40. The Morgan fingerprint density at radius 1 is 1.15 bits per heavy atom. The van der Waals surface area contributed by atoms with Gasteiger partial charge in [0.25, 0.3) is 0 Å². The van der Waals surface area contributed by atoms with Crippen LogP contribution < -0.4 is 0 Å². The Labute approximate surface area is 157 Å². The van der Waals surface area contributed by atoms with Crippen LogP contribution in [0.1, 0.15) is 34.8 Å². The van der Waals surface area contributed by atoms with E-state index in [-0.39, 0.29) is 11.9 Å². The van der Waals surface area contributed by atoms with Crippen LogP contribution in [0.2, 0.25) is 0 Å². The van der Waals surface area contributed by atoms with Crippen LogP contribution in [-0.2, 0) is 6.42 Å². The molecule has 4 rings (SSSR count). The Morgan fingerprint density at radius 3 is 2.46 bits per heavy atom. The third-order valence-electron chi connectivity index (χ3n) is 5.16. The number of hydrogen-bond donors (Lipinski definition) is 1. The number of thiazole rings is 1. The third-order valence-corrected chi connectivity index (χ3v) is 6.23. The van der Waals surface area contributed by atoms with Crippen LogP contribution >= 0.6 is 11.3 Å². The second-order valence-electron chi connectivity index (χ2n) is 6.98. The zero-order valence-electron chi connectivity index (χ0n) is 15.5. The Hall–Kier alpha value is -1.96. The summed E-state index contributed by atoms with van der Waals surface area (Å²) in [4.78, 5) is 10.9. The van der Waals surface area contributed by atoms with E-state index in [0.29, 0.717) is 5.82 Å². The second-order valence-corrected chi connectivity index (χ2v) is 7.99. The first-order valence-corrected chi connectivity index (χ1v) is 9.95. The lowest BCUT2D eigenvalue weighted by Crippen LogP contribution is -2.46. The first-order chi connectivity index (χ1) is 12.6. The largest absolute Gasteiger partial charge is 0.492 e. The van der Waals surface area contributed by atoms with Gasteiger partial charge in [0, 0.05) is 26.2 Å². The fourth-order valence-electron chi connectivity index (χ4n) is 3.57. The van der Waals surface area contributed by atoms with Crippen molar-refractivity contribution >= 4 is 16.3 Å². The summed E-state index contributed by atoms with van der Waals surface area (Å²) in [5.74, 6) is 0.899. The van der Waals surface area contributed by atoms with Crippen molar-refractivity contribution < 1.29 is 5.11 Å². The Kier molecular flexibility index (Phi) is 4.69. The molecule has 2 aromatic heterocycles. The second kappa shape index (κ2) is 6.98. The molecule has 1 aliphatic rings. The van der Waals surface area contributed by atoms with Gasteiger partial charge in [-0.3, -0.25) is 4.90 Å². The maximum atomic E-state index is 10.9. The highest BCUT2D eigenvalue weighted by Gasteiger charge is 2.31. The molecule has 1 N–H and O–H groups in total. The van der Waals surface area contributed by atoms with Crippen molar-refractivity contribution in [1.82, 2.24) is 24.4 Å². The molecule has 3 heterocycles. The van der Waals surface area contributed by atoms with Crippen molar-refractivity contribution in [2.45, 2.75) is 26.3 Å². The standard InChI is InChI=1S/C19H25N5OS/c1-4-14-5-7-15(8-6-14)16(23-11-9-22(3)10-12-23)17-18(25)24-19(26-17)20-13(2)21-24/h5-8,16,25H,4,9-12H2,1-3H3. The maximum Gasteiger partial charge on any atom is 0.230 e. The number of piperazine rings is 1. The van der Waals surface area contributed by atoms with E-state index in [1.807, 2.05) is 6.92 Å². The zero-order valence-corrected chi connectivity index (χ0v) is 16.3. The van der Waals surface area contributed by atoms with E-state index in [0.717, 1.165) is 42.4 Å². The molecule has 3 aromatic rings. The molecule has 1 aromatic carbocycles. The minimum absolute atomic E-state index is 0.0309. The maximum absolute atomic E-state index is 10.9. The number of nitrogens with zero attached hydrogens (tertiary/aromatic N) is 5. The highest BCUT2D eigenvalue weighted by molar-refractivity contribution is 7.17. The fraction of sp³-hybridized carbons (Fsp3) is 0.474. The minimum atomic E-state index is 0.0309. The van der Waals surface area contributed by atoms with Crippen molar-refractivity contribution in [1.29, 1.82) is 0 Å². The number of aryl methyl sites for hydroxylation is 2. The SMILES string of the molecule is CCc1ccc(C(c2sc3nc(C)nn3c2O)N2CCN(C)CC2)cc1. The van der Waals surface area contributed by atoms with Crippen LogP contribution in [0.15, 0.2) is 24.3 Å². The molecule has 1 unspecified atom stereocenters. The number of benzene rings is 1. The Morgan fingerprint density at radius 2 is 1.85 bits per heavy atom. The number of aromatic nitrogens is 3. The van der Waals surface area contributed by atoms with Gasteiger partial charge in [0.2, 0.25) is 10.8 Å². The quantitative estimate of drug-likeness (QED) is 0.764. The molecule has 0 aliphatic carbocycles. The number of fused-ring (bicyclic) bond motifs is 1. The van der Waals surface area contributed by atoms with E-state index in [9.17, 15) is 5.11 Å². The summed E-state index contributed by atoms with van der Waals surface area (Å²) >= 11 is 1.54. The van der Waals surface area contributed by atoms with Crippen molar-refractivity contribution in [3.63, 3.8) is 0 Å². The van der Waals surface area contributed by atoms with Crippen LogP contribution in [0.4, 0.5) is 0 Å². The average molecular weight is 372 g/mol. The Bertz CT molecular complexity index is 893. The first kappa shape index (κ1) is 17.5. The third kappa shape index (κ3) is 3.11. The summed E-state index contributed by atoms with van der Waals surface area (Å²) in [6, 6.07) is 8.81. The lowest BCUT2D eigenvalue weighted by molar-refractivity contribution is 0.127. The number of aromatic hydroxyl groups is 1. The van der Waals surface area contributed by atoms with Gasteiger partial charge in [0.05, 0.1) is 10.9 Å². The molecule has 7 heteroatoms. The van der Waals surface area contributed by atoms with Gasteiger partial charge in [-0.05, 0) is 31.5 Å².